The molecule has 0 aromatic heterocycles. The zero-order valence-corrected chi connectivity index (χ0v) is 15.6. The molecule has 1 aromatic rings. The first-order valence-corrected chi connectivity index (χ1v) is 9.84. The van der Waals surface area contributed by atoms with E-state index in [1.807, 2.05) is 24.0 Å². The van der Waals surface area contributed by atoms with Gasteiger partial charge in [0.15, 0.2) is 5.11 Å². The fourth-order valence-corrected chi connectivity index (χ4v) is 4.32. The van der Waals surface area contributed by atoms with Crippen LogP contribution < -0.4 is 5.32 Å². The predicted octanol–water partition coefficient (Wildman–Crippen LogP) is 2.01. The summed E-state index contributed by atoms with van der Waals surface area (Å²) >= 11 is 5.28. The van der Waals surface area contributed by atoms with Gasteiger partial charge < -0.3 is 10.2 Å². The van der Waals surface area contributed by atoms with Crippen LogP contribution in [0.2, 0.25) is 0 Å². The first-order valence-electron chi connectivity index (χ1n) is 7.99. The Morgan fingerprint density at radius 3 is 2.22 bits per heavy atom. The summed E-state index contributed by atoms with van der Waals surface area (Å²) < 4.78 is 27.0. The number of sulfonamides is 1. The minimum Gasteiger partial charge on any atom is -0.363 e. The van der Waals surface area contributed by atoms with E-state index in [-0.39, 0.29) is 0 Å². The molecule has 0 aliphatic carbocycles. The minimum atomic E-state index is -3.42. The van der Waals surface area contributed by atoms with Crippen LogP contribution >= 0.6 is 12.2 Å². The number of rotatable bonds is 4. The van der Waals surface area contributed by atoms with Gasteiger partial charge in [0.25, 0.3) is 0 Å². The average Bonchev–Trinajstić information content (AvgIpc) is 2.55. The summed E-state index contributed by atoms with van der Waals surface area (Å²) in [5.74, 6) is 0.391. The summed E-state index contributed by atoms with van der Waals surface area (Å²) in [6.07, 6.45) is 0. The Hall–Kier alpha value is -1.18. The van der Waals surface area contributed by atoms with Crippen molar-refractivity contribution < 1.29 is 8.42 Å². The van der Waals surface area contributed by atoms with E-state index in [1.54, 1.807) is 16.4 Å². The third-order valence-electron chi connectivity index (χ3n) is 4.04. The van der Waals surface area contributed by atoms with Gasteiger partial charge in [-0.15, -0.1) is 0 Å². The Kier molecular flexibility index (Phi) is 6.00. The molecule has 1 aliphatic heterocycles. The fraction of sp³-hybridized carbons (Fsp3) is 0.562. The Morgan fingerprint density at radius 2 is 1.74 bits per heavy atom. The second-order valence-electron chi connectivity index (χ2n) is 5.95. The smallest absolute Gasteiger partial charge is 0.243 e. The van der Waals surface area contributed by atoms with Crippen LogP contribution in [0.4, 0.5) is 0 Å². The first-order chi connectivity index (χ1) is 10.9. The van der Waals surface area contributed by atoms with Crippen LogP contribution in [0.25, 0.3) is 0 Å². The van der Waals surface area contributed by atoms with Crippen LogP contribution in [0.15, 0.2) is 29.2 Å². The van der Waals surface area contributed by atoms with E-state index in [0.29, 0.717) is 42.1 Å². The van der Waals surface area contributed by atoms with Crippen molar-refractivity contribution in [3.8, 4) is 0 Å². The van der Waals surface area contributed by atoms with E-state index < -0.39 is 10.0 Å². The zero-order chi connectivity index (χ0) is 17.0. The minimum absolute atomic E-state index is 0.365. The highest BCUT2D eigenvalue weighted by Crippen LogP contribution is 2.21. The van der Waals surface area contributed by atoms with Crippen LogP contribution in [0.1, 0.15) is 32.3 Å². The van der Waals surface area contributed by atoms with Crippen molar-refractivity contribution in [2.45, 2.75) is 31.6 Å². The van der Waals surface area contributed by atoms with Crippen LogP contribution in [0, 0.1) is 0 Å². The maximum atomic E-state index is 12.7. The quantitative estimate of drug-likeness (QED) is 0.838. The maximum absolute atomic E-state index is 12.7. The van der Waals surface area contributed by atoms with Crippen molar-refractivity contribution in [1.29, 1.82) is 0 Å². The summed E-state index contributed by atoms with van der Waals surface area (Å²) in [4.78, 5) is 2.39. The van der Waals surface area contributed by atoms with E-state index in [9.17, 15) is 8.42 Å². The van der Waals surface area contributed by atoms with E-state index in [4.69, 9.17) is 12.2 Å². The molecule has 7 heteroatoms. The molecule has 0 amide bonds. The lowest BCUT2D eigenvalue weighted by molar-refractivity contribution is 0.264. The van der Waals surface area contributed by atoms with Gasteiger partial charge in [0.2, 0.25) is 10.0 Å². The number of benzene rings is 1. The van der Waals surface area contributed by atoms with Crippen molar-refractivity contribution in [2.75, 3.05) is 32.7 Å². The Bertz CT molecular complexity index is 634. The Labute approximate surface area is 144 Å². The van der Waals surface area contributed by atoms with E-state index >= 15 is 0 Å². The van der Waals surface area contributed by atoms with Gasteiger partial charge >= 0.3 is 0 Å². The lowest BCUT2D eigenvalue weighted by Gasteiger charge is -2.35. The van der Waals surface area contributed by atoms with Crippen LogP contribution in [0.3, 0.4) is 0 Å². The van der Waals surface area contributed by atoms with Gasteiger partial charge in [-0.25, -0.2) is 8.42 Å². The molecular weight excluding hydrogens is 330 g/mol. The van der Waals surface area contributed by atoms with Gasteiger partial charge in [0, 0.05) is 32.7 Å². The lowest BCUT2D eigenvalue weighted by atomic mass is 10.0. The summed E-state index contributed by atoms with van der Waals surface area (Å²) in [6, 6.07) is 7.21. The topological polar surface area (TPSA) is 52.6 Å². The summed E-state index contributed by atoms with van der Waals surface area (Å²) in [5.41, 5.74) is 1.14. The molecule has 0 saturated carbocycles. The molecule has 0 spiro atoms. The number of nitrogens with zero attached hydrogens (tertiary/aromatic N) is 2. The SMILES string of the molecule is CCNC(=S)N1CCN(S(=O)(=O)c2ccc(C(C)C)cc2)CC1. The van der Waals surface area contributed by atoms with Crippen LogP contribution in [0.5, 0.6) is 0 Å². The molecule has 1 heterocycles. The second kappa shape index (κ2) is 7.59. The molecule has 1 fully saturated rings. The lowest BCUT2D eigenvalue weighted by Crippen LogP contribution is -2.52. The standard InChI is InChI=1S/C16H25N3O2S2/c1-4-17-16(22)18-9-11-19(12-10-18)23(20,21)15-7-5-14(6-8-15)13(2)3/h5-8,13H,4,9-12H2,1-3H3,(H,17,22). The molecule has 0 unspecified atom stereocenters. The average molecular weight is 356 g/mol. The third kappa shape index (κ3) is 4.22. The van der Waals surface area contributed by atoms with Crippen LogP contribution in [-0.2, 0) is 10.0 Å². The van der Waals surface area contributed by atoms with Gasteiger partial charge in [-0.05, 0) is 42.8 Å². The van der Waals surface area contributed by atoms with Crippen LogP contribution in [-0.4, -0.2) is 55.5 Å². The number of nitrogens with one attached hydrogen (secondary N) is 1. The van der Waals surface area contributed by atoms with Crippen molar-refractivity contribution in [1.82, 2.24) is 14.5 Å². The molecule has 0 atom stereocenters. The number of hydrogen-bond donors (Lipinski definition) is 1. The molecular formula is C16H25N3O2S2. The fourth-order valence-electron chi connectivity index (χ4n) is 2.57. The highest BCUT2D eigenvalue weighted by atomic mass is 32.2. The van der Waals surface area contributed by atoms with Gasteiger partial charge in [0.05, 0.1) is 4.90 Å². The predicted molar refractivity (Wildman–Crippen MR) is 97.1 cm³/mol. The molecule has 1 aromatic carbocycles. The van der Waals surface area contributed by atoms with Crippen molar-refractivity contribution in [3.05, 3.63) is 29.8 Å². The molecule has 128 valence electrons. The maximum Gasteiger partial charge on any atom is 0.243 e. The highest BCUT2D eigenvalue weighted by Gasteiger charge is 2.29. The Morgan fingerprint density at radius 1 is 1.17 bits per heavy atom. The van der Waals surface area contributed by atoms with E-state index in [2.05, 4.69) is 19.2 Å². The van der Waals surface area contributed by atoms with Crippen molar-refractivity contribution in [2.24, 2.45) is 0 Å². The van der Waals surface area contributed by atoms with Crippen molar-refractivity contribution in [3.63, 3.8) is 0 Å². The molecule has 1 aliphatic rings. The number of piperazine rings is 1. The molecule has 1 N–H and O–H groups in total. The first kappa shape index (κ1) is 18.2. The molecule has 0 radical (unpaired) electrons. The largest absolute Gasteiger partial charge is 0.363 e. The molecule has 1 saturated heterocycles. The second-order valence-corrected chi connectivity index (χ2v) is 8.27. The molecule has 2 rings (SSSR count). The molecule has 5 nitrogen and oxygen atoms in total. The summed E-state index contributed by atoms with van der Waals surface area (Å²) in [5, 5.41) is 3.81. The normalized spacial score (nSPS) is 16.6. The summed E-state index contributed by atoms with van der Waals surface area (Å²) in [6.45, 7) is 9.11. The van der Waals surface area contributed by atoms with E-state index in [1.165, 1.54) is 0 Å². The van der Waals surface area contributed by atoms with Gasteiger partial charge in [0.1, 0.15) is 0 Å². The third-order valence-corrected chi connectivity index (χ3v) is 6.35. The van der Waals surface area contributed by atoms with Gasteiger partial charge in [-0.1, -0.05) is 26.0 Å². The zero-order valence-electron chi connectivity index (χ0n) is 13.9. The summed E-state index contributed by atoms with van der Waals surface area (Å²) in [7, 11) is -3.42. The van der Waals surface area contributed by atoms with Gasteiger partial charge in [-0.3, -0.25) is 0 Å². The van der Waals surface area contributed by atoms with E-state index in [0.717, 1.165) is 12.1 Å². The highest BCUT2D eigenvalue weighted by molar-refractivity contribution is 7.89. The Balaban J connectivity index is 2.05. The van der Waals surface area contributed by atoms with Gasteiger partial charge in [-0.2, -0.15) is 4.31 Å². The number of hydrogen-bond acceptors (Lipinski definition) is 3. The van der Waals surface area contributed by atoms with Crippen molar-refractivity contribution >= 4 is 27.4 Å². The molecule has 0 bridgehead atoms. The monoisotopic (exact) mass is 355 g/mol. The number of thiocarbonyl (C=S) groups is 1. The molecule has 23 heavy (non-hydrogen) atoms.